The highest BCUT2D eigenvalue weighted by Gasteiger charge is 2.34. The van der Waals surface area contributed by atoms with Gasteiger partial charge < -0.3 is 10.1 Å². The van der Waals surface area contributed by atoms with Crippen LogP contribution < -0.4 is 10.1 Å². The summed E-state index contributed by atoms with van der Waals surface area (Å²) >= 11 is 6.70. The van der Waals surface area contributed by atoms with Gasteiger partial charge in [0.2, 0.25) is 11.0 Å². The number of benzene rings is 1. The molecule has 1 aromatic carbocycles. The van der Waals surface area contributed by atoms with Crippen molar-refractivity contribution in [3.63, 3.8) is 0 Å². The average molecular weight is 475 g/mol. The molecule has 0 radical (unpaired) electrons. The van der Waals surface area contributed by atoms with Crippen LogP contribution in [0.1, 0.15) is 28.5 Å². The molecule has 3 aromatic heterocycles. The minimum Gasteiger partial charge on any atom is -0.497 e. The SMILES string of the molecule is COc1ccc2nc(-n3nc(C)c4c3NC(=O)CC4c3ccc(Br)s3)sc2c1. The molecule has 28 heavy (non-hydrogen) atoms. The van der Waals surface area contributed by atoms with Crippen LogP contribution in [0.3, 0.4) is 0 Å². The molecule has 0 aliphatic carbocycles. The molecule has 0 bridgehead atoms. The monoisotopic (exact) mass is 474 g/mol. The fraction of sp³-hybridized carbons (Fsp3) is 0.211. The third-order valence-electron chi connectivity index (χ3n) is 4.81. The fourth-order valence-corrected chi connectivity index (χ4v) is 6.04. The van der Waals surface area contributed by atoms with Gasteiger partial charge in [0.25, 0.3) is 0 Å². The maximum atomic E-state index is 12.5. The van der Waals surface area contributed by atoms with Crippen molar-refractivity contribution in [1.82, 2.24) is 14.8 Å². The molecule has 1 amide bonds. The molecule has 0 spiro atoms. The number of aromatic nitrogens is 3. The number of carbonyl (C=O) groups excluding carboxylic acids is 1. The van der Waals surface area contributed by atoms with Crippen LogP contribution in [0.4, 0.5) is 5.82 Å². The van der Waals surface area contributed by atoms with Crippen molar-refractivity contribution >= 4 is 60.5 Å². The molecule has 1 unspecified atom stereocenters. The van der Waals surface area contributed by atoms with Gasteiger partial charge in [0, 0.05) is 22.8 Å². The zero-order valence-electron chi connectivity index (χ0n) is 15.0. The number of amides is 1. The van der Waals surface area contributed by atoms with Crippen LogP contribution >= 0.6 is 38.6 Å². The lowest BCUT2D eigenvalue weighted by atomic mass is 9.91. The van der Waals surface area contributed by atoms with Gasteiger partial charge in [-0.05, 0) is 53.2 Å². The number of halogens is 1. The van der Waals surface area contributed by atoms with E-state index in [0.29, 0.717) is 12.2 Å². The van der Waals surface area contributed by atoms with Gasteiger partial charge >= 0.3 is 0 Å². The minimum absolute atomic E-state index is 0.00303. The van der Waals surface area contributed by atoms with Crippen molar-refractivity contribution in [1.29, 1.82) is 0 Å². The molecule has 6 nitrogen and oxygen atoms in total. The van der Waals surface area contributed by atoms with Gasteiger partial charge in [-0.25, -0.2) is 4.98 Å². The van der Waals surface area contributed by atoms with Crippen LogP contribution in [0.5, 0.6) is 5.75 Å². The lowest BCUT2D eigenvalue weighted by Crippen LogP contribution is -2.24. The summed E-state index contributed by atoms with van der Waals surface area (Å²) in [5.74, 6) is 1.50. The maximum Gasteiger partial charge on any atom is 0.226 e. The van der Waals surface area contributed by atoms with Gasteiger partial charge in [0.05, 0.1) is 26.8 Å². The Balaban J connectivity index is 1.66. The number of hydrogen-bond donors (Lipinski definition) is 1. The fourth-order valence-electron chi connectivity index (χ4n) is 3.55. The van der Waals surface area contributed by atoms with Gasteiger partial charge in [-0.15, -0.1) is 11.3 Å². The van der Waals surface area contributed by atoms with E-state index in [1.54, 1.807) is 23.1 Å². The number of nitrogens with one attached hydrogen (secondary N) is 1. The number of methoxy groups -OCH3 is 1. The van der Waals surface area contributed by atoms with Gasteiger partial charge in [-0.3, -0.25) is 4.79 Å². The first-order valence-electron chi connectivity index (χ1n) is 8.63. The lowest BCUT2D eigenvalue weighted by molar-refractivity contribution is -0.116. The van der Waals surface area contributed by atoms with E-state index >= 15 is 0 Å². The van der Waals surface area contributed by atoms with E-state index in [1.165, 1.54) is 11.3 Å². The second kappa shape index (κ2) is 6.68. The molecule has 1 aliphatic rings. The number of ether oxygens (including phenoxy) is 1. The number of aryl methyl sites for hydroxylation is 1. The van der Waals surface area contributed by atoms with Gasteiger partial charge in [0.15, 0.2) is 0 Å². The summed E-state index contributed by atoms with van der Waals surface area (Å²) in [5.41, 5.74) is 2.84. The van der Waals surface area contributed by atoms with Crippen LogP contribution in [-0.2, 0) is 4.79 Å². The van der Waals surface area contributed by atoms with Gasteiger partial charge in [-0.1, -0.05) is 11.3 Å². The molecule has 4 aromatic rings. The summed E-state index contributed by atoms with van der Waals surface area (Å²) in [4.78, 5) is 18.3. The van der Waals surface area contributed by atoms with Crippen LogP contribution in [0.2, 0.25) is 0 Å². The number of thiazole rings is 1. The molecule has 9 heteroatoms. The summed E-state index contributed by atoms with van der Waals surface area (Å²) in [6.45, 7) is 1.98. The normalized spacial score (nSPS) is 16.2. The second-order valence-corrected chi connectivity index (χ2v) is 10.0. The number of hydrogen-bond acceptors (Lipinski definition) is 6. The smallest absolute Gasteiger partial charge is 0.226 e. The lowest BCUT2D eigenvalue weighted by Gasteiger charge is -2.22. The average Bonchev–Trinajstić information content (AvgIpc) is 3.37. The largest absolute Gasteiger partial charge is 0.497 e. The maximum absolute atomic E-state index is 12.5. The molecule has 1 aliphatic heterocycles. The van der Waals surface area contributed by atoms with Crippen molar-refractivity contribution in [2.24, 2.45) is 0 Å². The number of anilines is 1. The molecule has 0 saturated heterocycles. The first-order chi connectivity index (χ1) is 13.5. The van der Waals surface area contributed by atoms with E-state index in [9.17, 15) is 4.79 Å². The molecule has 4 heterocycles. The Morgan fingerprint density at radius 1 is 1.29 bits per heavy atom. The van der Waals surface area contributed by atoms with Crippen LogP contribution in [0, 0.1) is 6.92 Å². The number of fused-ring (bicyclic) bond motifs is 2. The predicted molar refractivity (Wildman–Crippen MR) is 115 cm³/mol. The van der Waals surface area contributed by atoms with E-state index in [2.05, 4.69) is 27.3 Å². The summed E-state index contributed by atoms with van der Waals surface area (Å²) in [5, 5.41) is 8.47. The van der Waals surface area contributed by atoms with E-state index in [1.807, 2.05) is 31.2 Å². The van der Waals surface area contributed by atoms with E-state index in [-0.39, 0.29) is 11.8 Å². The molecule has 0 saturated carbocycles. The Labute approximate surface area is 177 Å². The van der Waals surface area contributed by atoms with Gasteiger partial charge in [-0.2, -0.15) is 9.78 Å². The molecule has 0 fully saturated rings. The summed E-state index contributed by atoms with van der Waals surface area (Å²) in [6.07, 6.45) is 0.420. The Hall–Kier alpha value is -2.23. The van der Waals surface area contributed by atoms with Crippen LogP contribution in [0.15, 0.2) is 34.1 Å². The zero-order chi connectivity index (χ0) is 19.4. The summed E-state index contributed by atoms with van der Waals surface area (Å²) in [6, 6.07) is 9.88. The van der Waals surface area contributed by atoms with E-state index in [4.69, 9.17) is 14.8 Å². The predicted octanol–water partition coefficient (Wildman–Crippen LogP) is 5.10. The van der Waals surface area contributed by atoms with Gasteiger partial charge in [0.1, 0.15) is 11.6 Å². The topological polar surface area (TPSA) is 69.0 Å². The molecular formula is C19H15BrN4O2S2. The Bertz CT molecular complexity index is 1230. The molecular weight excluding hydrogens is 460 g/mol. The number of thiophene rings is 1. The molecule has 5 rings (SSSR count). The summed E-state index contributed by atoms with van der Waals surface area (Å²) < 4.78 is 9.13. The van der Waals surface area contributed by atoms with Crippen molar-refractivity contribution in [3.8, 4) is 10.9 Å². The van der Waals surface area contributed by atoms with Crippen LogP contribution in [-0.4, -0.2) is 27.8 Å². The third-order valence-corrected chi connectivity index (χ3v) is 7.54. The standard InChI is InChI=1S/C19H15BrN4O2S2/c1-9-17-11(13-5-6-15(20)27-13)8-16(25)22-18(17)24(23-9)19-21-12-4-3-10(26-2)7-14(12)28-19/h3-7,11H,8H2,1-2H3,(H,22,25). The van der Waals surface area contributed by atoms with Crippen molar-refractivity contribution < 1.29 is 9.53 Å². The number of carbonyl (C=O) groups is 1. The second-order valence-electron chi connectivity index (χ2n) is 6.54. The Kier molecular flexibility index (Phi) is 4.26. The molecule has 1 N–H and O–H groups in total. The Morgan fingerprint density at radius 3 is 2.89 bits per heavy atom. The molecule has 142 valence electrons. The highest BCUT2D eigenvalue weighted by atomic mass is 79.9. The summed E-state index contributed by atoms with van der Waals surface area (Å²) in [7, 11) is 1.65. The Morgan fingerprint density at radius 2 is 2.14 bits per heavy atom. The first kappa shape index (κ1) is 17.8. The minimum atomic E-state index is -0.00838. The van der Waals surface area contributed by atoms with Crippen LogP contribution in [0.25, 0.3) is 15.3 Å². The number of nitrogens with zero attached hydrogens (tertiary/aromatic N) is 3. The zero-order valence-corrected chi connectivity index (χ0v) is 18.2. The molecule has 1 atom stereocenters. The highest BCUT2D eigenvalue weighted by molar-refractivity contribution is 9.11. The highest BCUT2D eigenvalue weighted by Crippen LogP contribution is 2.43. The van der Waals surface area contributed by atoms with Crippen molar-refractivity contribution in [2.75, 3.05) is 12.4 Å². The van der Waals surface area contributed by atoms with E-state index in [0.717, 1.165) is 41.0 Å². The third kappa shape index (κ3) is 2.85. The quantitative estimate of drug-likeness (QED) is 0.448. The van der Waals surface area contributed by atoms with Crippen molar-refractivity contribution in [3.05, 3.63) is 50.3 Å². The van der Waals surface area contributed by atoms with E-state index < -0.39 is 0 Å². The first-order valence-corrected chi connectivity index (χ1v) is 11.1. The van der Waals surface area contributed by atoms with Crippen molar-refractivity contribution in [2.45, 2.75) is 19.3 Å². The number of rotatable bonds is 3.